The van der Waals surface area contributed by atoms with Crippen molar-refractivity contribution in [2.45, 2.75) is 32.1 Å². The molecule has 2 rings (SSSR count). The van der Waals surface area contributed by atoms with Gasteiger partial charge in [0.1, 0.15) is 0 Å². The van der Waals surface area contributed by atoms with E-state index in [1.165, 1.54) is 29.9 Å². The summed E-state index contributed by atoms with van der Waals surface area (Å²) in [4.78, 5) is 0. The van der Waals surface area contributed by atoms with Crippen molar-refractivity contribution in [3.63, 3.8) is 0 Å². The van der Waals surface area contributed by atoms with Crippen molar-refractivity contribution in [1.82, 2.24) is 0 Å². The fraction of sp³-hybridized carbons (Fsp3) is 0.385. The molecule has 0 aromatic carbocycles. The van der Waals surface area contributed by atoms with Crippen LogP contribution in [0.25, 0.3) is 0 Å². The molecule has 0 heterocycles. The average molecular weight is 274 g/mol. The first-order valence-corrected chi connectivity index (χ1v) is 6.06. The summed E-state index contributed by atoms with van der Waals surface area (Å²) in [5, 5.41) is 0. The van der Waals surface area contributed by atoms with Crippen molar-refractivity contribution in [2.24, 2.45) is 0 Å². The Morgan fingerprint density at radius 1 is 0.786 bits per heavy atom. The molecule has 0 spiro atoms. The van der Waals surface area contributed by atoms with Crippen LogP contribution < -0.4 is 0 Å². The Kier molecular flexibility index (Phi) is 6.61. The third kappa shape index (κ3) is 6.10. The van der Waals surface area contributed by atoms with Gasteiger partial charge in [0.25, 0.3) is 0 Å². The fourth-order valence-corrected chi connectivity index (χ4v) is 1.64. The third-order valence-corrected chi connectivity index (χ3v) is 2.69. The predicted octanol–water partition coefficient (Wildman–Crippen LogP) is 4.05. The molecule has 0 saturated heterocycles. The summed E-state index contributed by atoms with van der Waals surface area (Å²) in [6.07, 6.45) is 21.5. The molecule has 0 nitrogen and oxygen atoms in total. The molecule has 1 heteroatoms. The molecule has 0 aromatic heterocycles. The fourth-order valence-electron chi connectivity index (χ4n) is 1.27. The van der Waals surface area contributed by atoms with Crippen molar-refractivity contribution in [3.8, 4) is 0 Å². The van der Waals surface area contributed by atoms with Gasteiger partial charge < -0.3 is 0 Å². The van der Waals surface area contributed by atoms with Crippen molar-refractivity contribution >= 4 is 0 Å². The Morgan fingerprint density at radius 2 is 1.29 bits per heavy atom. The molecule has 2 aliphatic rings. The van der Waals surface area contributed by atoms with Gasteiger partial charge in [-0.2, -0.15) is 0 Å². The standard InChI is InChI=1S/C8H12.C5H5.Ru/c1-2-4-6-8-7-5-3-1;1-2-4-5-3-1;/h1-2,7-8H,3-6H2;1-3H,4H2;/b2-1-,8-7-;;. The summed E-state index contributed by atoms with van der Waals surface area (Å²) < 4.78 is 1.40. The second-order valence-corrected chi connectivity index (χ2v) is 4.44. The van der Waals surface area contributed by atoms with Gasteiger partial charge in [-0.3, -0.25) is 0 Å². The molecular formula is C13H17Ru. The van der Waals surface area contributed by atoms with Crippen molar-refractivity contribution in [1.29, 1.82) is 0 Å². The number of allylic oxidation sites excluding steroid dienone is 8. The van der Waals surface area contributed by atoms with Gasteiger partial charge in [0.05, 0.1) is 0 Å². The second-order valence-electron chi connectivity index (χ2n) is 3.33. The maximum atomic E-state index is 2.59. The third-order valence-electron chi connectivity index (χ3n) is 2.05. The molecule has 0 amide bonds. The average Bonchev–Trinajstić information content (AvgIpc) is 2.55. The topological polar surface area (TPSA) is 0 Å². The zero-order chi connectivity index (χ0) is 10.1. The van der Waals surface area contributed by atoms with Crippen LogP contribution in [0.5, 0.6) is 0 Å². The molecule has 0 aliphatic heterocycles. The summed E-state index contributed by atoms with van der Waals surface area (Å²) in [6.45, 7) is 0. The van der Waals surface area contributed by atoms with E-state index in [1.54, 1.807) is 0 Å². The van der Waals surface area contributed by atoms with E-state index in [-0.39, 0.29) is 0 Å². The molecule has 77 valence electrons. The molecular weight excluding hydrogens is 257 g/mol. The molecule has 0 aromatic rings. The van der Waals surface area contributed by atoms with Crippen LogP contribution in [0.15, 0.2) is 46.7 Å². The van der Waals surface area contributed by atoms with E-state index in [9.17, 15) is 0 Å². The minimum atomic E-state index is 1.14. The predicted molar refractivity (Wildman–Crippen MR) is 58.6 cm³/mol. The van der Waals surface area contributed by atoms with E-state index in [1.807, 2.05) is 0 Å². The van der Waals surface area contributed by atoms with Crippen LogP contribution in [0.2, 0.25) is 0 Å². The van der Waals surface area contributed by atoms with Crippen LogP contribution >= 0.6 is 0 Å². The van der Waals surface area contributed by atoms with E-state index in [0.29, 0.717) is 0 Å². The van der Waals surface area contributed by atoms with Crippen LogP contribution in [0.4, 0.5) is 0 Å². The molecule has 0 unspecified atom stereocenters. The minimum absolute atomic E-state index is 1.14. The summed E-state index contributed by atoms with van der Waals surface area (Å²) in [7, 11) is 0. The molecule has 0 radical (unpaired) electrons. The van der Waals surface area contributed by atoms with Gasteiger partial charge in [-0.1, -0.05) is 24.3 Å². The molecule has 0 bridgehead atoms. The van der Waals surface area contributed by atoms with Crippen LogP contribution in [0, 0.1) is 0 Å². The first kappa shape index (κ1) is 11.7. The number of hydrogen-bond acceptors (Lipinski definition) is 0. The summed E-state index contributed by atoms with van der Waals surface area (Å²) in [5.74, 6) is 0. The summed E-state index contributed by atoms with van der Waals surface area (Å²) >= 11 is 2.59. The van der Waals surface area contributed by atoms with Crippen LogP contribution in [0.3, 0.4) is 0 Å². The Balaban J connectivity index is 0.000000146. The van der Waals surface area contributed by atoms with Crippen LogP contribution in [-0.4, -0.2) is 0 Å². The first-order chi connectivity index (χ1) is 6.89. The Bertz CT molecular complexity index is 230. The van der Waals surface area contributed by atoms with Gasteiger partial charge in [-0.15, -0.1) is 0 Å². The Hall–Kier alpha value is -0.417. The monoisotopic (exact) mass is 275 g/mol. The Morgan fingerprint density at radius 3 is 1.50 bits per heavy atom. The van der Waals surface area contributed by atoms with E-state index < -0.39 is 0 Å². The van der Waals surface area contributed by atoms with Gasteiger partial charge in [-0.05, 0) is 25.7 Å². The van der Waals surface area contributed by atoms with E-state index in [0.717, 1.165) is 6.42 Å². The van der Waals surface area contributed by atoms with Gasteiger partial charge in [-0.25, -0.2) is 0 Å². The molecule has 0 fully saturated rings. The van der Waals surface area contributed by atoms with E-state index in [4.69, 9.17) is 0 Å². The van der Waals surface area contributed by atoms with Crippen LogP contribution in [-0.2, 0) is 18.3 Å². The molecule has 2 aliphatic carbocycles. The van der Waals surface area contributed by atoms with Gasteiger partial charge >= 0.3 is 47.1 Å². The maximum absolute atomic E-state index is 2.59. The van der Waals surface area contributed by atoms with Crippen molar-refractivity contribution in [2.75, 3.05) is 0 Å². The van der Waals surface area contributed by atoms with Crippen molar-refractivity contribution in [3.05, 3.63) is 46.7 Å². The molecule has 14 heavy (non-hydrogen) atoms. The SMILES string of the molecule is C1=C\CC/C=C\CC/1.[Ru][C]1=CC=CC1. The van der Waals surface area contributed by atoms with Gasteiger partial charge in [0.15, 0.2) is 0 Å². The number of rotatable bonds is 0. The van der Waals surface area contributed by atoms with Crippen molar-refractivity contribution < 1.29 is 18.3 Å². The van der Waals surface area contributed by atoms with Gasteiger partial charge in [0.2, 0.25) is 0 Å². The zero-order valence-corrected chi connectivity index (χ0v) is 10.2. The summed E-state index contributed by atoms with van der Waals surface area (Å²) in [6, 6.07) is 0. The zero-order valence-electron chi connectivity index (χ0n) is 8.43. The Labute approximate surface area is 97.2 Å². The van der Waals surface area contributed by atoms with E-state index in [2.05, 4.69) is 60.8 Å². The van der Waals surface area contributed by atoms with Gasteiger partial charge in [0, 0.05) is 0 Å². The van der Waals surface area contributed by atoms with E-state index >= 15 is 0 Å². The molecule has 0 saturated carbocycles. The number of hydrogen-bond donors (Lipinski definition) is 0. The first-order valence-electron chi connectivity index (χ1n) is 5.19. The normalized spacial score (nSPS) is 23.9. The molecule has 0 N–H and O–H groups in total. The summed E-state index contributed by atoms with van der Waals surface area (Å²) in [5.41, 5.74) is 0. The molecule has 0 atom stereocenters. The quantitative estimate of drug-likeness (QED) is 0.462. The van der Waals surface area contributed by atoms with Crippen LogP contribution in [0.1, 0.15) is 32.1 Å². The second kappa shape index (κ2) is 7.94.